The second-order valence-corrected chi connectivity index (χ2v) is 7.84. The van der Waals surface area contributed by atoms with Crippen LogP contribution < -0.4 is 5.32 Å². The molecule has 2 aromatic rings. The van der Waals surface area contributed by atoms with Crippen LogP contribution in [0.2, 0.25) is 5.15 Å². The van der Waals surface area contributed by atoms with E-state index in [0.717, 1.165) is 23.4 Å². The Bertz CT molecular complexity index is 845. The maximum absolute atomic E-state index is 13.5. The van der Waals surface area contributed by atoms with E-state index in [1.54, 1.807) is 16.8 Å². The van der Waals surface area contributed by atoms with Crippen LogP contribution in [0.3, 0.4) is 0 Å². The van der Waals surface area contributed by atoms with Crippen molar-refractivity contribution in [3.05, 3.63) is 58.1 Å². The molecule has 1 aromatic heterocycles. The quantitative estimate of drug-likeness (QED) is 0.672. The van der Waals surface area contributed by atoms with E-state index in [1.807, 2.05) is 32.0 Å². The highest BCUT2D eigenvalue weighted by Crippen LogP contribution is 2.22. The number of aryl methyl sites for hydroxylation is 1. The van der Waals surface area contributed by atoms with Crippen LogP contribution in [-0.4, -0.2) is 41.2 Å². The Morgan fingerprint density at radius 1 is 1.39 bits per heavy atom. The standard InChI is InChI=1S/C21H28ClFN4O/c1-14(2)13-27-21(22)18(15(3)25-27)9-10-20(28)24-12-19(26(4)5)16-7-6-8-17(23)11-16/h6-11,14,19H,12-13H2,1-5H3,(H,24,28)/b10-9+. The molecule has 0 radical (unpaired) electrons. The van der Waals surface area contributed by atoms with Crippen molar-refractivity contribution in [3.8, 4) is 0 Å². The Balaban J connectivity index is 2.04. The molecule has 0 aliphatic heterocycles. The minimum atomic E-state index is -0.293. The van der Waals surface area contributed by atoms with Crippen molar-refractivity contribution in [2.24, 2.45) is 5.92 Å². The van der Waals surface area contributed by atoms with Crippen LogP contribution >= 0.6 is 11.6 Å². The molecule has 1 atom stereocenters. The van der Waals surface area contributed by atoms with Crippen LogP contribution in [-0.2, 0) is 11.3 Å². The fourth-order valence-electron chi connectivity index (χ4n) is 2.95. The summed E-state index contributed by atoms with van der Waals surface area (Å²) >= 11 is 6.40. The average Bonchev–Trinajstić information content (AvgIpc) is 2.86. The monoisotopic (exact) mass is 406 g/mol. The number of benzene rings is 1. The maximum Gasteiger partial charge on any atom is 0.244 e. The highest BCUT2D eigenvalue weighted by Gasteiger charge is 2.16. The van der Waals surface area contributed by atoms with Gasteiger partial charge in [0.15, 0.2) is 0 Å². The van der Waals surface area contributed by atoms with Crippen LogP contribution in [0.1, 0.15) is 36.7 Å². The molecule has 1 N–H and O–H groups in total. The zero-order valence-electron chi connectivity index (χ0n) is 17.0. The Morgan fingerprint density at radius 2 is 2.11 bits per heavy atom. The molecule has 1 amide bonds. The van der Waals surface area contributed by atoms with Crippen molar-refractivity contribution in [3.63, 3.8) is 0 Å². The minimum Gasteiger partial charge on any atom is -0.351 e. The zero-order valence-corrected chi connectivity index (χ0v) is 17.8. The average molecular weight is 407 g/mol. The van der Waals surface area contributed by atoms with Crippen molar-refractivity contribution in [2.75, 3.05) is 20.6 Å². The van der Waals surface area contributed by atoms with Crippen LogP contribution in [0.4, 0.5) is 4.39 Å². The van der Waals surface area contributed by atoms with Gasteiger partial charge in [-0.25, -0.2) is 4.39 Å². The van der Waals surface area contributed by atoms with Gasteiger partial charge in [0.1, 0.15) is 11.0 Å². The Labute approximate surface area is 171 Å². The van der Waals surface area contributed by atoms with Crippen molar-refractivity contribution in [1.29, 1.82) is 0 Å². The van der Waals surface area contributed by atoms with Gasteiger partial charge < -0.3 is 10.2 Å². The summed E-state index contributed by atoms with van der Waals surface area (Å²) in [5.41, 5.74) is 2.33. The molecule has 5 nitrogen and oxygen atoms in total. The third-order valence-corrected chi connectivity index (χ3v) is 4.77. The summed E-state index contributed by atoms with van der Waals surface area (Å²) in [5, 5.41) is 7.83. The first-order valence-corrected chi connectivity index (χ1v) is 9.67. The molecule has 0 aliphatic carbocycles. The lowest BCUT2D eigenvalue weighted by atomic mass is 10.1. The molecule has 2 rings (SSSR count). The van der Waals surface area contributed by atoms with Crippen LogP contribution in [0.25, 0.3) is 6.08 Å². The topological polar surface area (TPSA) is 50.2 Å². The van der Waals surface area contributed by atoms with Crippen molar-refractivity contribution < 1.29 is 9.18 Å². The lowest BCUT2D eigenvalue weighted by Gasteiger charge is -2.24. The fraction of sp³-hybridized carbons (Fsp3) is 0.429. The fourth-order valence-corrected chi connectivity index (χ4v) is 3.26. The first-order valence-electron chi connectivity index (χ1n) is 9.29. The third-order valence-electron chi connectivity index (χ3n) is 4.38. The molecule has 0 fully saturated rings. The second kappa shape index (κ2) is 9.85. The molecular weight excluding hydrogens is 379 g/mol. The summed E-state index contributed by atoms with van der Waals surface area (Å²) in [6, 6.07) is 6.28. The summed E-state index contributed by atoms with van der Waals surface area (Å²) in [6.07, 6.45) is 3.14. The predicted molar refractivity (Wildman–Crippen MR) is 112 cm³/mol. The van der Waals surface area contributed by atoms with E-state index in [-0.39, 0.29) is 17.8 Å². The zero-order chi connectivity index (χ0) is 20.8. The number of nitrogens with zero attached hydrogens (tertiary/aromatic N) is 3. The molecule has 7 heteroatoms. The summed E-state index contributed by atoms with van der Waals surface area (Å²) in [5.74, 6) is -0.114. The summed E-state index contributed by atoms with van der Waals surface area (Å²) in [6.45, 7) is 7.13. The Kier molecular flexibility index (Phi) is 7.78. The number of carbonyl (C=O) groups is 1. The molecular formula is C21H28ClFN4O. The molecule has 0 saturated carbocycles. The number of rotatable bonds is 8. The molecule has 0 saturated heterocycles. The molecule has 0 aliphatic rings. The van der Waals surface area contributed by atoms with Gasteiger partial charge in [-0.3, -0.25) is 9.48 Å². The molecule has 1 unspecified atom stereocenters. The predicted octanol–water partition coefficient (Wildman–Crippen LogP) is 4.07. The van der Waals surface area contributed by atoms with Gasteiger partial charge in [0, 0.05) is 24.7 Å². The van der Waals surface area contributed by atoms with Crippen molar-refractivity contribution >= 4 is 23.6 Å². The van der Waals surface area contributed by atoms with Crippen molar-refractivity contribution in [1.82, 2.24) is 20.0 Å². The van der Waals surface area contributed by atoms with Crippen LogP contribution in [0, 0.1) is 18.7 Å². The van der Waals surface area contributed by atoms with Gasteiger partial charge in [0.05, 0.1) is 11.7 Å². The van der Waals surface area contributed by atoms with Crippen molar-refractivity contribution in [2.45, 2.75) is 33.4 Å². The minimum absolute atomic E-state index is 0.132. The van der Waals surface area contributed by atoms with Gasteiger partial charge >= 0.3 is 0 Å². The normalized spacial score (nSPS) is 12.9. The van der Waals surface area contributed by atoms with E-state index < -0.39 is 0 Å². The first kappa shape index (κ1) is 22.1. The molecule has 152 valence electrons. The SMILES string of the molecule is Cc1nn(CC(C)C)c(Cl)c1/C=C/C(=O)NCC(c1cccc(F)c1)N(C)C. The number of hydrogen-bond donors (Lipinski definition) is 1. The van der Waals surface area contributed by atoms with E-state index in [2.05, 4.69) is 24.3 Å². The summed E-state index contributed by atoms with van der Waals surface area (Å²) < 4.78 is 15.3. The number of amides is 1. The van der Waals surface area contributed by atoms with Gasteiger partial charge in [-0.1, -0.05) is 37.6 Å². The van der Waals surface area contributed by atoms with Gasteiger partial charge in [-0.15, -0.1) is 0 Å². The largest absolute Gasteiger partial charge is 0.351 e. The highest BCUT2D eigenvalue weighted by atomic mass is 35.5. The van der Waals surface area contributed by atoms with E-state index in [4.69, 9.17) is 11.6 Å². The van der Waals surface area contributed by atoms with Gasteiger partial charge in [-0.05, 0) is 50.7 Å². The first-order chi connectivity index (χ1) is 13.2. The molecule has 28 heavy (non-hydrogen) atoms. The number of likely N-dealkylation sites (N-methyl/N-ethyl adjacent to an activating group) is 1. The van der Waals surface area contributed by atoms with Gasteiger partial charge in [0.2, 0.25) is 5.91 Å². The maximum atomic E-state index is 13.5. The molecule has 1 aromatic carbocycles. The van der Waals surface area contributed by atoms with E-state index >= 15 is 0 Å². The van der Waals surface area contributed by atoms with Gasteiger partial charge in [0.25, 0.3) is 0 Å². The Hall–Kier alpha value is -2.18. The number of halogens is 2. The number of hydrogen-bond acceptors (Lipinski definition) is 3. The lowest BCUT2D eigenvalue weighted by molar-refractivity contribution is -0.116. The third kappa shape index (κ3) is 5.91. The Morgan fingerprint density at radius 3 is 2.71 bits per heavy atom. The summed E-state index contributed by atoms with van der Waals surface area (Å²) in [4.78, 5) is 14.2. The number of nitrogens with one attached hydrogen (secondary N) is 1. The van der Waals surface area contributed by atoms with Crippen LogP contribution in [0.15, 0.2) is 30.3 Å². The number of aromatic nitrogens is 2. The summed E-state index contributed by atoms with van der Waals surface area (Å²) in [7, 11) is 3.79. The lowest BCUT2D eigenvalue weighted by Crippen LogP contribution is -2.33. The molecule has 0 spiro atoms. The highest BCUT2D eigenvalue weighted by molar-refractivity contribution is 6.31. The smallest absolute Gasteiger partial charge is 0.244 e. The van der Waals surface area contributed by atoms with E-state index in [9.17, 15) is 9.18 Å². The molecule has 1 heterocycles. The molecule has 0 bridgehead atoms. The van der Waals surface area contributed by atoms with Gasteiger partial charge in [-0.2, -0.15) is 5.10 Å². The van der Waals surface area contributed by atoms with E-state index in [0.29, 0.717) is 17.6 Å². The van der Waals surface area contributed by atoms with E-state index in [1.165, 1.54) is 18.2 Å². The number of carbonyl (C=O) groups excluding carboxylic acids is 1. The van der Waals surface area contributed by atoms with Crippen LogP contribution in [0.5, 0.6) is 0 Å². The second-order valence-electron chi connectivity index (χ2n) is 7.48.